The molecule has 5 rings (SSSR count). The van der Waals surface area contributed by atoms with Gasteiger partial charge in [-0.15, -0.1) is 0 Å². The Morgan fingerprint density at radius 2 is 2.00 bits per heavy atom. The van der Waals surface area contributed by atoms with Gasteiger partial charge in [0.05, 0.1) is 12.0 Å². The number of rotatable bonds is 5. The lowest BCUT2D eigenvalue weighted by molar-refractivity contribution is -0.140. The van der Waals surface area contributed by atoms with E-state index in [1.165, 1.54) is 11.3 Å². The Labute approximate surface area is 183 Å². The Morgan fingerprint density at radius 1 is 1.26 bits per heavy atom. The van der Waals surface area contributed by atoms with Crippen LogP contribution in [0.1, 0.15) is 43.6 Å². The lowest BCUT2D eigenvalue weighted by Crippen LogP contribution is -2.47. The van der Waals surface area contributed by atoms with Crippen molar-refractivity contribution in [2.45, 2.75) is 37.8 Å². The van der Waals surface area contributed by atoms with Crippen LogP contribution in [0.5, 0.6) is 0 Å². The van der Waals surface area contributed by atoms with Crippen molar-refractivity contribution in [1.82, 2.24) is 15.2 Å². The summed E-state index contributed by atoms with van der Waals surface area (Å²) in [5.41, 5.74) is 0.611. The van der Waals surface area contributed by atoms with Gasteiger partial charge in [-0.2, -0.15) is 5.10 Å². The number of furan rings is 1. The van der Waals surface area contributed by atoms with Crippen LogP contribution in [0, 0.1) is 5.92 Å². The van der Waals surface area contributed by atoms with Crippen molar-refractivity contribution in [3.8, 4) is 0 Å². The van der Waals surface area contributed by atoms with Crippen molar-refractivity contribution in [1.29, 1.82) is 0 Å². The fourth-order valence-corrected chi connectivity index (χ4v) is 4.39. The van der Waals surface area contributed by atoms with Gasteiger partial charge in [-0.25, -0.2) is 9.80 Å². The zero-order chi connectivity index (χ0) is 21.8. The molecule has 0 spiro atoms. The molecular weight excluding hydrogens is 420 g/mol. The number of benzene rings is 1. The SMILES string of the molecule is C[C@]1(C2CC2)NC(=O)N(CC(=O)N2N=C(c3ccc(Cl)cc3)C[C@H]2c2ccco2)C1=O. The molecule has 1 aliphatic carbocycles. The normalized spacial score (nSPS) is 25.7. The summed E-state index contributed by atoms with van der Waals surface area (Å²) in [6, 6.07) is 9.74. The molecule has 2 atom stereocenters. The predicted molar refractivity (Wildman–Crippen MR) is 112 cm³/mol. The Bertz CT molecular complexity index is 1080. The molecule has 3 heterocycles. The number of hydrogen-bond acceptors (Lipinski definition) is 5. The molecule has 1 saturated carbocycles. The molecule has 1 N–H and O–H groups in total. The van der Waals surface area contributed by atoms with Gasteiger partial charge in [-0.05, 0) is 55.5 Å². The molecule has 1 aromatic carbocycles. The minimum atomic E-state index is -0.930. The van der Waals surface area contributed by atoms with Gasteiger partial charge < -0.3 is 9.73 Å². The second-order valence-corrected chi connectivity index (χ2v) is 8.76. The van der Waals surface area contributed by atoms with E-state index < -0.39 is 23.5 Å². The van der Waals surface area contributed by atoms with E-state index in [0.29, 0.717) is 22.9 Å². The highest BCUT2D eigenvalue weighted by Gasteiger charge is 2.56. The van der Waals surface area contributed by atoms with E-state index in [0.717, 1.165) is 23.3 Å². The zero-order valence-corrected chi connectivity index (χ0v) is 17.6. The Kier molecular flexibility index (Phi) is 4.62. The first-order valence-electron chi connectivity index (χ1n) is 10.2. The van der Waals surface area contributed by atoms with Crippen LogP contribution < -0.4 is 5.32 Å². The van der Waals surface area contributed by atoms with Crippen LogP contribution >= 0.6 is 11.6 Å². The van der Waals surface area contributed by atoms with E-state index in [2.05, 4.69) is 10.4 Å². The molecule has 1 saturated heterocycles. The van der Waals surface area contributed by atoms with Gasteiger partial charge in [0.15, 0.2) is 0 Å². The summed E-state index contributed by atoms with van der Waals surface area (Å²) in [5, 5.41) is 9.22. The highest BCUT2D eigenvalue weighted by Crippen LogP contribution is 2.42. The maximum absolute atomic E-state index is 13.2. The quantitative estimate of drug-likeness (QED) is 0.721. The summed E-state index contributed by atoms with van der Waals surface area (Å²) in [6.07, 6.45) is 3.77. The van der Waals surface area contributed by atoms with Gasteiger partial charge in [0.25, 0.3) is 11.8 Å². The number of carbonyl (C=O) groups excluding carboxylic acids is 3. The summed E-state index contributed by atoms with van der Waals surface area (Å²) < 4.78 is 5.54. The van der Waals surface area contributed by atoms with Crippen LogP contribution in [0.3, 0.4) is 0 Å². The van der Waals surface area contributed by atoms with Crippen LogP contribution in [-0.2, 0) is 9.59 Å². The largest absolute Gasteiger partial charge is 0.467 e. The van der Waals surface area contributed by atoms with Gasteiger partial charge in [-0.3, -0.25) is 14.5 Å². The Balaban J connectivity index is 1.40. The number of nitrogens with zero attached hydrogens (tertiary/aromatic N) is 3. The molecule has 2 aliphatic heterocycles. The van der Waals surface area contributed by atoms with Gasteiger partial charge in [0, 0.05) is 11.4 Å². The second-order valence-electron chi connectivity index (χ2n) is 8.33. The van der Waals surface area contributed by atoms with E-state index in [4.69, 9.17) is 16.0 Å². The molecule has 0 bridgehead atoms. The fourth-order valence-electron chi connectivity index (χ4n) is 4.26. The van der Waals surface area contributed by atoms with Crippen LogP contribution in [0.2, 0.25) is 5.02 Å². The number of urea groups is 1. The number of hydrazone groups is 1. The predicted octanol–water partition coefficient (Wildman–Crippen LogP) is 3.33. The average molecular weight is 441 g/mol. The van der Waals surface area contributed by atoms with Gasteiger partial charge >= 0.3 is 6.03 Å². The van der Waals surface area contributed by atoms with Crippen LogP contribution in [-0.4, -0.2) is 45.5 Å². The van der Waals surface area contributed by atoms with Crippen LogP contribution in [0.15, 0.2) is 52.2 Å². The molecule has 2 fully saturated rings. The summed E-state index contributed by atoms with van der Waals surface area (Å²) >= 11 is 5.98. The average Bonchev–Trinajstić information content (AvgIpc) is 3.22. The van der Waals surface area contributed by atoms with Crippen LogP contribution in [0.25, 0.3) is 0 Å². The zero-order valence-electron chi connectivity index (χ0n) is 16.9. The molecule has 160 valence electrons. The number of amides is 4. The van der Waals surface area contributed by atoms with Crippen molar-refractivity contribution in [3.63, 3.8) is 0 Å². The topological polar surface area (TPSA) is 95.2 Å². The van der Waals surface area contributed by atoms with Crippen LogP contribution in [0.4, 0.5) is 4.79 Å². The molecule has 1 aromatic heterocycles. The van der Waals surface area contributed by atoms with E-state index in [9.17, 15) is 14.4 Å². The maximum atomic E-state index is 13.2. The molecule has 2 aromatic rings. The number of carbonyl (C=O) groups is 3. The molecule has 8 nitrogen and oxygen atoms in total. The van der Waals surface area contributed by atoms with Crippen molar-refractivity contribution in [2.75, 3.05) is 6.54 Å². The van der Waals surface area contributed by atoms with E-state index in [-0.39, 0.29) is 18.4 Å². The minimum absolute atomic E-state index is 0.126. The minimum Gasteiger partial charge on any atom is -0.467 e. The fraction of sp³-hybridized carbons (Fsp3) is 0.364. The van der Waals surface area contributed by atoms with Gasteiger partial charge in [0.1, 0.15) is 23.9 Å². The summed E-state index contributed by atoms with van der Waals surface area (Å²) in [7, 11) is 0. The summed E-state index contributed by atoms with van der Waals surface area (Å²) in [5.74, 6) is -0.0970. The highest BCUT2D eigenvalue weighted by molar-refractivity contribution is 6.30. The van der Waals surface area contributed by atoms with Crippen molar-refractivity contribution in [3.05, 3.63) is 59.0 Å². The number of halogens is 1. The number of imide groups is 1. The third-order valence-electron chi connectivity index (χ3n) is 6.20. The van der Waals surface area contributed by atoms with E-state index >= 15 is 0 Å². The maximum Gasteiger partial charge on any atom is 0.325 e. The highest BCUT2D eigenvalue weighted by atomic mass is 35.5. The molecule has 31 heavy (non-hydrogen) atoms. The smallest absolute Gasteiger partial charge is 0.325 e. The third kappa shape index (κ3) is 3.40. The van der Waals surface area contributed by atoms with Crippen molar-refractivity contribution in [2.24, 2.45) is 11.0 Å². The Morgan fingerprint density at radius 3 is 2.65 bits per heavy atom. The van der Waals surface area contributed by atoms with Gasteiger partial charge in [0.2, 0.25) is 0 Å². The summed E-state index contributed by atoms with van der Waals surface area (Å²) in [6.45, 7) is 1.36. The molecule has 3 aliphatic rings. The first kappa shape index (κ1) is 19.8. The molecule has 0 radical (unpaired) electrons. The molecular formula is C22H21ClN4O4. The molecule has 4 amide bonds. The monoisotopic (exact) mass is 440 g/mol. The van der Waals surface area contributed by atoms with Crippen molar-refractivity contribution >= 4 is 35.2 Å². The molecule has 9 heteroatoms. The Hall–Kier alpha value is -3.13. The van der Waals surface area contributed by atoms with Gasteiger partial charge in [-0.1, -0.05) is 23.7 Å². The third-order valence-corrected chi connectivity index (χ3v) is 6.46. The lowest BCUT2D eigenvalue weighted by Gasteiger charge is -2.23. The van der Waals surface area contributed by atoms with Crippen molar-refractivity contribution < 1.29 is 18.8 Å². The van der Waals surface area contributed by atoms with E-state index in [1.54, 1.807) is 31.2 Å². The standard InChI is InChI=1S/C22H21ClN4O4/c1-22(14-6-7-14)20(29)26(21(30)24-22)12-19(28)27-17(18-3-2-10-31-18)11-16(25-27)13-4-8-15(23)9-5-13/h2-5,8-10,14,17H,6-7,11-12H2,1H3,(H,24,30)/t17-,22+/m0/s1. The second kappa shape index (κ2) is 7.23. The number of hydrogen-bond donors (Lipinski definition) is 1. The first-order valence-corrected chi connectivity index (χ1v) is 10.6. The lowest BCUT2D eigenvalue weighted by atomic mass is 9.96. The number of nitrogens with one attached hydrogen (secondary N) is 1. The molecule has 0 unspecified atom stereocenters. The summed E-state index contributed by atoms with van der Waals surface area (Å²) in [4.78, 5) is 39.6. The van der Waals surface area contributed by atoms with E-state index in [1.807, 2.05) is 12.1 Å². The first-order chi connectivity index (χ1) is 14.9.